The minimum Gasteiger partial charge on any atom is -0.476 e. The molecular weight excluding hydrogens is 244 g/mol. The van der Waals surface area contributed by atoms with Crippen LogP contribution in [0, 0.1) is 6.92 Å². The van der Waals surface area contributed by atoms with Gasteiger partial charge in [0.25, 0.3) is 0 Å². The van der Waals surface area contributed by atoms with Crippen molar-refractivity contribution in [2.24, 2.45) is 0 Å². The van der Waals surface area contributed by atoms with Gasteiger partial charge in [0.2, 0.25) is 5.91 Å². The lowest BCUT2D eigenvalue weighted by molar-refractivity contribution is -0.115. The Hall–Kier alpha value is -2.43. The van der Waals surface area contributed by atoms with Gasteiger partial charge >= 0.3 is 5.97 Å². The topological polar surface area (TPSA) is 79.3 Å². The number of amides is 1. The Kier molecular flexibility index (Phi) is 3.46. The molecule has 0 atom stereocenters. The van der Waals surface area contributed by atoms with E-state index >= 15 is 0 Å². The third-order valence-corrected chi connectivity index (χ3v) is 2.90. The number of aromatic nitrogens is 1. The molecule has 19 heavy (non-hydrogen) atoms. The number of pyridine rings is 1. The molecule has 0 saturated heterocycles. The van der Waals surface area contributed by atoms with E-state index in [1.54, 1.807) is 25.1 Å². The third kappa shape index (κ3) is 2.40. The van der Waals surface area contributed by atoms with Crippen molar-refractivity contribution in [3.05, 3.63) is 35.7 Å². The number of aromatic carboxylic acids is 1. The predicted molar refractivity (Wildman–Crippen MR) is 72.4 cm³/mol. The minimum atomic E-state index is -1.08. The number of hydrogen-bond acceptors (Lipinski definition) is 3. The van der Waals surface area contributed by atoms with Gasteiger partial charge < -0.3 is 10.4 Å². The van der Waals surface area contributed by atoms with Crippen LogP contribution in [-0.2, 0) is 4.79 Å². The van der Waals surface area contributed by atoms with Crippen LogP contribution in [0.2, 0.25) is 0 Å². The molecule has 0 unspecified atom stereocenters. The average Bonchev–Trinajstić information content (AvgIpc) is 2.38. The van der Waals surface area contributed by atoms with Crippen LogP contribution in [0.5, 0.6) is 0 Å². The summed E-state index contributed by atoms with van der Waals surface area (Å²) in [5, 5.41) is 13.2. The molecule has 2 aromatic rings. The van der Waals surface area contributed by atoms with Crippen molar-refractivity contribution in [3.8, 4) is 0 Å². The molecule has 5 nitrogen and oxygen atoms in total. The number of hydrogen-bond donors (Lipinski definition) is 2. The predicted octanol–water partition coefficient (Wildman–Crippen LogP) is 2.59. The first-order valence-corrected chi connectivity index (χ1v) is 5.96. The van der Waals surface area contributed by atoms with E-state index in [9.17, 15) is 9.59 Å². The summed E-state index contributed by atoms with van der Waals surface area (Å²) in [6.07, 6.45) is 1.87. The van der Waals surface area contributed by atoms with Crippen LogP contribution in [0.1, 0.15) is 29.4 Å². The number of nitrogens with zero attached hydrogens (tertiary/aromatic N) is 1. The molecule has 0 saturated carbocycles. The zero-order chi connectivity index (χ0) is 14.0. The molecule has 1 heterocycles. The fraction of sp³-hybridized carbons (Fsp3) is 0.214. The first-order valence-electron chi connectivity index (χ1n) is 5.96. The quantitative estimate of drug-likeness (QED) is 0.886. The van der Waals surface area contributed by atoms with Crippen molar-refractivity contribution >= 4 is 28.3 Å². The molecule has 0 aliphatic rings. The highest BCUT2D eigenvalue weighted by molar-refractivity contribution is 6.09. The maximum atomic E-state index is 11.5. The van der Waals surface area contributed by atoms with E-state index in [-0.39, 0.29) is 11.6 Å². The summed E-state index contributed by atoms with van der Waals surface area (Å²) in [7, 11) is 0. The van der Waals surface area contributed by atoms with Gasteiger partial charge in [-0.05, 0) is 18.6 Å². The van der Waals surface area contributed by atoms with Gasteiger partial charge in [-0.15, -0.1) is 0 Å². The lowest BCUT2D eigenvalue weighted by Gasteiger charge is -2.11. The second-order valence-electron chi connectivity index (χ2n) is 4.22. The van der Waals surface area contributed by atoms with Crippen molar-refractivity contribution in [2.45, 2.75) is 20.3 Å². The van der Waals surface area contributed by atoms with E-state index < -0.39 is 5.97 Å². The monoisotopic (exact) mass is 258 g/mol. The summed E-state index contributed by atoms with van der Waals surface area (Å²) < 4.78 is 0. The van der Waals surface area contributed by atoms with Gasteiger partial charge in [0.15, 0.2) is 5.69 Å². The van der Waals surface area contributed by atoms with E-state index in [0.29, 0.717) is 17.5 Å². The summed E-state index contributed by atoms with van der Waals surface area (Å²) in [5.74, 6) is -1.19. The van der Waals surface area contributed by atoms with Gasteiger partial charge in [-0.1, -0.05) is 19.1 Å². The second-order valence-corrected chi connectivity index (χ2v) is 4.22. The molecule has 0 aliphatic heterocycles. The molecule has 98 valence electrons. The highest BCUT2D eigenvalue weighted by Gasteiger charge is 2.14. The van der Waals surface area contributed by atoms with Crippen LogP contribution in [0.4, 0.5) is 5.69 Å². The summed E-state index contributed by atoms with van der Waals surface area (Å²) in [4.78, 5) is 26.6. The zero-order valence-corrected chi connectivity index (χ0v) is 10.7. The number of rotatable bonds is 3. The Morgan fingerprint density at radius 1 is 1.37 bits per heavy atom. The van der Waals surface area contributed by atoms with Gasteiger partial charge in [-0.2, -0.15) is 0 Å². The Bertz CT molecular complexity index is 665. The molecule has 0 aliphatic carbocycles. The number of carbonyl (C=O) groups is 2. The maximum Gasteiger partial charge on any atom is 0.355 e. The number of carbonyl (C=O) groups excluding carboxylic acids is 1. The number of fused-ring (bicyclic) bond motifs is 1. The zero-order valence-electron chi connectivity index (χ0n) is 10.7. The van der Waals surface area contributed by atoms with Gasteiger partial charge in [-0.25, -0.2) is 9.78 Å². The standard InChI is InChI=1S/C14H14N2O3/c1-3-11(17)16-10-6-4-5-9-12(10)8(2)7-15-13(9)14(18)19/h4-7H,3H2,1-2H3,(H,16,17)(H,18,19). The Morgan fingerprint density at radius 3 is 2.74 bits per heavy atom. The number of anilines is 1. The SMILES string of the molecule is CCC(=O)Nc1cccc2c(C(=O)O)ncc(C)c12. The largest absolute Gasteiger partial charge is 0.476 e. The summed E-state index contributed by atoms with van der Waals surface area (Å²) >= 11 is 0. The van der Waals surface area contributed by atoms with Crippen LogP contribution >= 0.6 is 0 Å². The molecule has 0 fully saturated rings. The van der Waals surface area contributed by atoms with Gasteiger partial charge in [0.1, 0.15) is 0 Å². The number of benzene rings is 1. The van der Waals surface area contributed by atoms with Crippen LogP contribution in [0.25, 0.3) is 10.8 Å². The van der Waals surface area contributed by atoms with Crippen LogP contribution < -0.4 is 5.32 Å². The smallest absolute Gasteiger partial charge is 0.355 e. The number of carboxylic acid groups (broad SMARTS) is 1. The van der Waals surface area contributed by atoms with E-state index in [1.165, 1.54) is 6.20 Å². The number of nitrogens with one attached hydrogen (secondary N) is 1. The van der Waals surface area contributed by atoms with Crippen LogP contribution in [0.3, 0.4) is 0 Å². The molecule has 0 spiro atoms. The Labute approximate surface area is 110 Å². The lowest BCUT2D eigenvalue weighted by Crippen LogP contribution is -2.11. The minimum absolute atomic E-state index is 0.00630. The van der Waals surface area contributed by atoms with Crippen molar-refractivity contribution < 1.29 is 14.7 Å². The van der Waals surface area contributed by atoms with Gasteiger partial charge in [-0.3, -0.25) is 4.79 Å². The molecule has 0 bridgehead atoms. The normalized spacial score (nSPS) is 10.4. The molecular formula is C14H14N2O3. The summed E-state index contributed by atoms with van der Waals surface area (Å²) in [5.41, 5.74) is 1.44. The average molecular weight is 258 g/mol. The van der Waals surface area contributed by atoms with E-state index in [2.05, 4.69) is 10.3 Å². The fourth-order valence-electron chi connectivity index (χ4n) is 1.98. The molecule has 2 rings (SSSR count). The second kappa shape index (κ2) is 5.06. The van der Waals surface area contributed by atoms with E-state index in [1.807, 2.05) is 6.92 Å². The molecule has 1 amide bonds. The van der Waals surface area contributed by atoms with Crippen LogP contribution in [-0.4, -0.2) is 22.0 Å². The highest BCUT2D eigenvalue weighted by atomic mass is 16.4. The highest BCUT2D eigenvalue weighted by Crippen LogP contribution is 2.28. The Balaban J connectivity index is 2.70. The van der Waals surface area contributed by atoms with Gasteiger partial charge in [0.05, 0.1) is 0 Å². The third-order valence-electron chi connectivity index (χ3n) is 2.90. The molecule has 5 heteroatoms. The van der Waals surface area contributed by atoms with Crippen molar-refractivity contribution in [3.63, 3.8) is 0 Å². The molecule has 1 aromatic carbocycles. The molecule has 1 aromatic heterocycles. The van der Waals surface area contributed by atoms with Gasteiger partial charge in [0, 0.05) is 29.1 Å². The summed E-state index contributed by atoms with van der Waals surface area (Å²) in [6, 6.07) is 5.16. The fourth-order valence-corrected chi connectivity index (χ4v) is 1.98. The van der Waals surface area contributed by atoms with Crippen molar-refractivity contribution in [2.75, 3.05) is 5.32 Å². The van der Waals surface area contributed by atoms with Crippen molar-refractivity contribution in [1.82, 2.24) is 4.98 Å². The maximum absolute atomic E-state index is 11.5. The van der Waals surface area contributed by atoms with Crippen molar-refractivity contribution in [1.29, 1.82) is 0 Å². The number of carboxylic acids is 1. The van der Waals surface area contributed by atoms with E-state index in [0.717, 1.165) is 10.9 Å². The lowest BCUT2D eigenvalue weighted by atomic mass is 10.0. The first-order chi connectivity index (χ1) is 9.04. The summed E-state index contributed by atoms with van der Waals surface area (Å²) in [6.45, 7) is 3.60. The molecule has 2 N–H and O–H groups in total. The Morgan fingerprint density at radius 2 is 2.11 bits per heavy atom. The number of aryl methyl sites for hydroxylation is 1. The molecule has 0 radical (unpaired) electrons. The van der Waals surface area contributed by atoms with E-state index in [4.69, 9.17) is 5.11 Å². The first kappa shape index (κ1) is 13.0. The van der Waals surface area contributed by atoms with Crippen LogP contribution in [0.15, 0.2) is 24.4 Å².